The van der Waals surface area contributed by atoms with E-state index in [2.05, 4.69) is 41.1 Å². The second-order valence-corrected chi connectivity index (χ2v) is 7.39. The van der Waals surface area contributed by atoms with Gasteiger partial charge in [0.15, 0.2) is 0 Å². The third-order valence-electron chi connectivity index (χ3n) is 5.94. The highest BCUT2D eigenvalue weighted by Crippen LogP contribution is 2.47. The van der Waals surface area contributed by atoms with Gasteiger partial charge in [-0.2, -0.15) is 0 Å². The highest BCUT2D eigenvalue weighted by atomic mass is 16.3. The van der Waals surface area contributed by atoms with Gasteiger partial charge >= 0.3 is 0 Å². The number of aryl methyl sites for hydroxylation is 1. The maximum Gasteiger partial charge on any atom is 0.128 e. The standard InChI is InChI=1S/C21H26N2O/c1-16-11-12-20(22-15-16)23-14-13-21(24,17-7-3-2-4-8-17)18-9-5-6-10-19(18)23/h2-4,7-8,11-12,15,18-19,24H,5-6,9-10,13-14H2,1H3/t18-,19+,21?/m1/s1. The number of aliphatic hydroxyl groups is 1. The van der Waals surface area contributed by atoms with E-state index in [1.54, 1.807) is 0 Å². The third-order valence-corrected chi connectivity index (χ3v) is 5.94. The molecule has 1 saturated carbocycles. The lowest BCUT2D eigenvalue weighted by atomic mass is 9.66. The Labute approximate surface area is 144 Å². The molecular weight excluding hydrogens is 296 g/mol. The summed E-state index contributed by atoms with van der Waals surface area (Å²) < 4.78 is 0. The van der Waals surface area contributed by atoms with Crippen molar-refractivity contribution in [2.75, 3.05) is 11.4 Å². The van der Waals surface area contributed by atoms with E-state index >= 15 is 0 Å². The first-order chi connectivity index (χ1) is 11.7. The van der Waals surface area contributed by atoms with Crippen LogP contribution < -0.4 is 4.90 Å². The summed E-state index contributed by atoms with van der Waals surface area (Å²) in [7, 11) is 0. The molecule has 1 aliphatic heterocycles. The van der Waals surface area contributed by atoms with Gasteiger partial charge in [0.05, 0.1) is 5.60 Å². The molecule has 126 valence electrons. The van der Waals surface area contributed by atoms with Crippen molar-refractivity contribution in [3.05, 3.63) is 59.8 Å². The summed E-state index contributed by atoms with van der Waals surface area (Å²) in [6, 6.07) is 14.9. The van der Waals surface area contributed by atoms with E-state index in [4.69, 9.17) is 0 Å². The van der Waals surface area contributed by atoms with Gasteiger partial charge in [-0.1, -0.05) is 49.2 Å². The zero-order valence-electron chi connectivity index (χ0n) is 14.4. The van der Waals surface area contributed by atoms with Gasteiger partial charge in [-0.25, -0.2) is 4.98 Å². The summed E-state index contributed by atoms with van der Waals surface area (Å²) >= 11 is 0. The fourth-order valence-electron chi connectivity index (χ4n) is 4.68. The number of rotatable bonds is 2. The molecule has 1 aliphatic carbocycles. The molecule has 3 heteroatoms. The van der Waals surface area contributed by atoms with E-state index in [0.717, 1.165) is 37.2 Å². The summed E-state index contributed by atoms with van der Waals surface area (Å²) in [5.41, 5.74) is 1.57. The zero-order chi connectivity index (χ0) is 16.6. The Balaban J connectivity index is 1.68. The van der Waals surface area contributed by atoms with Crippen LogP contribution in [0.25, 0.3) is 0 Å². The number of piperidine rings is 1. The number of nitrogens with zero attached hydrogens (tertiary/aromatic N) is 2. The van der Waals surface area contributed by atoms with Gasteiger partial charge in [0.1, 0.15) is 5.82 Å². The molecule has 1 aromatic heterocycles. The number of pyridine rings is 1. The van der Waals surface area contributed by atoms with Gasteiger partial charge in [-0.3, -0.25) is 0 Å². The van der Waals surface area contributed by atoms with Gasteiger partial charge in [0.2, 0.25) is 0 Å². The minimum atomic E-state index is -0.701. The van der Waals surface area contributed by atoms with Gasteiger partial charge in [-0.05, 0) is 43.4 Å². The third kappa shape index (κ3) is 2.61. The van der Waals surface area contributed by atoms with Crippen LogP contribution in [0.4, 0.5) is 5.82 Å². The van der Waals surface area contributed by atoms with Gasteiger partial charge < -0.3 is 10.0 Å². The molecule has 4 rings (SSSR count). The topological polar surface area (TPSA) is 36.4 Å². The van der Waals surface area contributed by atoms with Crippen LogP contribution in [0.1, 0.15) is 43.2 Å². The second kappa shape index (κ2) is 6.21. The number of aromatic nitrogens is 1. The molecule has 0 amide bonds. The Bertz CT molecular complexity index is 685. The van der Waals surface area contributed by atoms with Crippen molar-refractivity contribution >= 4 is 5.82 Å². The Morgan fingerprint density at radius 2 is 1.88 bits per heavy atom. The highest BCUT2D eigenvalue weighted by molar-refractivity contribution is 5.43. The highest BCUT2D eigenvalue weighted by Gasteiger charge is 2.49. The summed E-state index contributed by atoms with van der Waals surface area (Å²) in [6.07, 6.45) is 7.42. The van der Waals surface area contributed by atoms with Crippen LogP contribution in [0.2, 0.25) is 0 Å². The molecule has 0 spiro atoms. The largest absolute Gasteiger partial charge is 0.385 e. The Morgan fingerprint density at radius 3 is 2.62 bits per heavy atom. The smallest absolute Gasteiger partial charge is 0.128 e. The average molecular weight is 322 g/mol. The molecule has 1 N–H and O–H groups in total. The number of anilines is 1. The van der Waals surface area contributed by atoms with Crippen LogP contribution in [0.5, 0.6) is 0 Å². The molecule has 3 nitrogen and oxygen atoms in total. The van der Waals surface area contributed by atoms with E-state index in [0.29, 0.717) is 6.04 Å². The molecule has 1 unspecified atom stereocenters. The quantitative estimate of drug-likeness (QED) is 0.906. The maximum atomic E-state index is 11.6. The summed E-state index contributed by atoms with van der Waals surface area (Å²) in [4.78, 5) is 7.10. The van der Waals surface area contributed by atoms with Crippen LogP contribution in [0.15, 0.2) is 48.7 Å². The predicted octanol–water partition coefficient (Wildman–Crippen LogP) is 4.05. The monoisotopic (exact) mass is 322 g/mol. The lowest BCUT2D eigenvalue weighted by Gasteiger charge is -2.53. The van der Waals surface area contributed by atoms with Crippen LogP contribution in [0.3, 0.4) is 0 Å². The normalized spacial score (nSPS) is 30.0. The first-order valence-corrected chi connectivity index (χ1v) is 9.16. The fraction of sp³-hybridized carbons (Fsp3) is 0.476. The van der Waals surface area contributed by atoms with E-state index in [-0.39, 0.29) is 5.92 Å². The first-order valence-electron chi connectivity index (χ1n) is 9.16. The van der Waals surface area contributed by atoms with Crippen molar-refractivity contribution in [3.8, 4) is 0 Å². The molecule has 2 fully saturated rings. The Morgan fingerprint density at radius 1 is 1.08 bits per heavy atom. The Kier molecular flexibility index (Phi) is 4.05. The van der Waals surface area contributed by atoms with Gasteiger partial charge in [-0.15, -0.1) is 0 Å². The molecule has 24 heavy (non-hydrogen) atoms. The molecule has 1 aromatic carbocycles. The summed E-state index contributed by atoms with van der Waals surface area (Å²) in [5, 5.41) is 11.6. The number of benzene rings is 1. The molecule has 2 aliphatic rings. The summed E-state index contributed by atoms with van der Waals surface area (Å²) in [6.45, 7) is 2.94. The molecule has 0 bridgehead atoms. The lowest BCUT2D eigenvalue weighted by Crippen LogP contribution is -2.57. The zero-order valence-corrected chi connectivity index (χ0v) is 14.4. The van der Waals surface area contributed by atoms with Crippen LogP contribution in [0, 0.1) is 12.8 Å². The van der Waals surface area contributed by atoms with Gasteiger partial charge in [0.25, 0.3) is 0 Å². The van der Waals surface area contributed by atoms with E-state index < -0.39 is 5.60 Å². The fourth-order valence-corrected chi connectivity index (χ4v) is 4.68. The van der Waals surface area contributed by atoms with Crippen molar-refractivity contribution in [3.63, 3.8) is 0 Å². The lowest BCUT2D eigenvalue weighted by molar-refractivity contribution is -0.0690. The van der Waals surface area contributed by atoms with Crippen molar-refractivity contribution in [1.82, 2.24) is 4.98 Å². The minimum Gasteiger partial charge on any atom is -0.385 e. The van der Waals surface area contributed by atoms with E-state index in [1.165, 1.54) is 18.4 Å². The summed E-state index contributed by atoms with van der Waals surface area (Å²) in [5.74, 6) is 1.35. The van der Waals surface area contributed by atoms with E-state index in [1.807, 2.05) is 24.4 Å². The first kappa shape index (κ1) is 15.6. The predicted molar refractivity (Wildman–Crippen MR) is 97.0 cm³/mol. The van der Waals surface area contributed by atoms with Crippen molar-refractivity contribution in [1.29, 1.82) is 0 Å². The van der Waals surface area contributed by atoms with Crippen molar-refractivity contribution < 1.29 is 5.11 Å². The SMILES string of the molecule is Cc1ccc(N2CCC(O)(c3ccccc3)[C@@H]3CCCC[C@@H]32)nc1. The Hall–Kier alpha value is -1.87. The van der Waals surface area contributed by atoms with Crippen LogP contribution in [-0.4, -0.2) is 22.7 Å². The second-order valence-electron chi connectivity index (χ2n) is 7.39. The molecule has 1 saturated heterocycles. The molecule has 2 aromatic rings. The van der Waals surface area contributed by atoms with Crippen molar-refractivity contribution in [2.24, 2.45) is 5.92 Å². The van der Waals surface area contributed by atoms with Gasteiger partial charge in [0, 0.05) is 24.7 Å². The average Bonchev–Trinajstić information content (AvgIpc) is 2.64. The molecule has 3 atom stereocenters. The maximum absolute atomic E-state index is 11.6. The molecule has 2 heterocycles. The van der Waals surface area contributed by atoms with E-state index in [9.17, 15) is 5.11 Å². The van der Waals surface area contributed by atoms with Crippen LogP contribution >= 0.6 is 0 Å². The number of hydrogen-bond donors (Lipinski definition) is 1. The van der Waals surface area contributed by atoms with Crippen molar-refractivity contribution in [2.45, 2.75) is 50.7 Å². The number of fused-ring (bicyclic) bond motifs is 1. The molecule has 0 radical (unpaired) electrons. The minimum absolute atomic E-state index is 0.283. The number of hydrogen-bond acceptors (Lipinski definition) is 3. The van der Waals surface area contributed by atoms with Crippen LogP contribution in [-0.2, 0) is 5.60 Å². The molecular formula is C21H26N2O.